The average molecular weight is 285 g/mol. The van der Waals surface area contributed by atoms with Gasteiger partial charge in [-0.2, -0.15) is 0 Å². The van der Waals surface area contributed by atoms with E-state index < -0.39 is 0 Å². The Hall–Kier alpha value is -1.03. The Morgan fingerprint density at radius 3 is 2.62 bits per heavy atom. The molecule has 1 aliphatic rings. The van der Waals surface area contributed by atoms with Crippen molar-refractivity contribution in [2.45, 2.75) is 19.8 Å². The number of rotatable bonds is 2. The lowest BCUT2D eigenvalue weighted by Crippen LogP contribution is -2.23. The number of nitrogens with one attached hydrogen (secondary N) is 1. The standard InChI is InChI=1S/C12H16N2O.BrH/c1-9-8-10(15-2)5-6-11(9)14-7-3-4-12(14)13;/h5-6,8,13H,3-4,7H2,1-2H3;1H. The summed E-state index contributed by atoms with van der Waals surface area (Å²) < 4.78 is 5.17. The van der Waals surface area contributed by atoms with Crippen LogP contribution in [0.5, 0.6) is 5.75 Å². The lowest BCUT2D eigenvalue weighted by atomic mass is 10.1. The number of ether oxygens (including phenoxy) is 1. The summed E-state index contributed by atoms with van der Waals surface area (Å²) in [6.45, 7) is 3.02. The van der Waals surface area contributed by atoms with E-state index in [-0.39, 0.29) is 17.0 Å². The van der Waals surface area contributed by atoms with E-state index in [2.05, 4.69) is 11.8 Å². The lowest BCUT2D eigenvalue weighted by Gasteiger charge is -2.20. The fraction of sp³-hybridized carbons (Fsp3) is 0.417. The van der Waals surface area contributed by atoms with Crippen LogP contribution in [0.4, 0.5) is 5.69 Å². The smallest absolute Gasteiger partial charge is 0.119 e. The minimum Gasteiger partial charge on any atom is -0.497 e. The van der Waals surface area contributed by atoms with Crippen LogP contribution in [-0.2, 0) is 0 Å². The maximum atomic E-state index is 7.83. The minimum atomic E-state index is 0. The maximum Gasteiger partial charge on any atom is 0.119 e. The van der Waals surface area contributed by atoms with E-state index in [1.807, 2.05) is 18.2 Å². The van der Waals surface area contributed by atoms with Gasteiger partial charge in [-0.3, -0.25) is 5.41 Å². The molecular formula is C12H17BrN2O. The second kappa shape index (κ2) is 5.34. The molecule has 16 heavy (non-hydrogen) atoms. The Bertz CT molecular complexity index is 393. The van der Waals surface area contributed by atoms with Gasteiger partial charge in [0.15, 0.2) is 0 Å². The zero-order chi connectivity index (χ0) is 10.8. The fourth-order valence-electron chi connectivity index (χ4n) is 2.00. The molecule has 3 nitrogen and oxygen atoms in total. The van der Waals surface area contributed by atoms with Gasteiger partial charge in [-0.15, -0.1) is 17.0 Å². The first-order valence-corrected chi connectivity index (χ1v) is 5.22. The predicted octanol–water partition coefficient (Wildman–Crippen LogP) is 3.16. The number of hydrogen-bond donors (Lipinski definition) is 1. The van der Waals surface area contributed by atoms with Crippen LogP contribution in [0, 0.1) is 12.3 Å². The van der Waals surface area contributed by atoms with Gasteiger partial charge in [0.2, 0.25) is 0 Å². The number of methoxy groups -OCH3 is 1. The Kier molecular flexibility index (Phi) is 4.35. The summed E-state index contributed by atoms with van der Waals surface area (Å²) in [5, 5.41) is 7.83. The molecule has 0 bridgehead atoms. The van der Waals surface area contributed by atoms with Crippen molar-refractivity contribution in [2.24, 2.45) is 0 Å². The number of halogens is 1. The summed E-state index contributed by atoms with van der Waals surface area (Å²) in [4.78, 5) is 2.08. The van der Waals surface area contributed by atoms with Crippen LogP contribution in [0.3, 0.4) is 0 Å². The number of amidine groups is 1. The molecular weight excluding hydrogens is 268 g/mol. The Balaban J connectivity index is 0.00000128. The number of nitrogens with zero attached hydrogens (tertiary/aromatic N) is 1. The van der Waals surface area contributed by atoms with Crippen molar-refractivity contribution in [2.75, 3.05) is 18.6 Å². The van der Waals surface area contributed by atoms with E-state index in [4.69, 9.17) is 10.1 Å². The summed E-state index contributed by atoms with van der Waals surface area (Å²) in [6, 6.07) is 6.00. The highest BCUT2D eigenvalue weighted by atomic mass is 79.9. The number of aryl methyl sites for hydroxylation is 1. The van der Waals surface area contributed by atoms with Crippen LogP contribution in [0.25, 0.3) is 0 Å². The first-order chi connectivity index (χ1) is 7.22. The Morgan fingerprint density at radius 1 is 1.38 bits per heavy atom. The van der Waals surface area contributed by atoms with Gasteiger partial charge in [-0.05, 0) is 37.1 Å². The van der Waals surface area contributed by atoms with Crippen molar-refractivity contribution < 1.29 is 4.74 Å². The molecule has 0 saturated carbocycles. The van der Waals surface area contributed by atoms with Crippen LogP contribution >= 0.6 is 17.0 Å². The monoisotopic (exact) mass is 284 g/mol. The van der Waals surface area contributed by atoms with E-state index in [0.717, 1.165) is 36.7 Å². The molecule has 1 saturated heterocycles. The number of hydrogen-bond acceptors (Lipinski definition) is 2. The normalized spacial score (nSPS) is 14.9. The molecule has 1 fully saturated rings. The average Bonchev–Trinajstić information content (AvgIpc) is 2.64. The van der Waals surface area contributed by atoms with Crippen molar-refractivity contribution in [3.05, 3.63) is 23.8 Å². The summed E-state index contributed by atoms with van der Waals surface area (Å²) in [6.07, 6.45) is 1.98. The van der Waals surface area contributed by atoms with Crippen LogP contribution < -0.4 is 9.64 Å². The van der Waals surface area contributed by atoms with Crippen molar-refractivity contribution >= 4 is 28.5 Å². The van der Waals surface area contributed by atoms with Gasteiger partial charge in [-0.25, -0.2) is 0 Å². The lowest BCUT2D eigenvalue weighted by molar-refractivity contribution is 0.414. The second-order valence-electron chi connectivity index (χ2n) is 3.85. The summed E-state index contributed by atoms with van der Waals surface area (Å²) >= 11 is 0. The molecule has 0 atom stereocenters. The molecule has 1 N–H and O–H groups in total. The van der Waals surface area contributed by atoms with Crippen molar-refractivity contribution in [1.29, 1.82) is 5.41 Å². The van der Waals surface area contributed by atoms with Gasteiger partial charge >= 0.3 is 0 Å². The highest BCUT2D eigenvalue weighted by Gasteiger charge is 2.19. The SMILES string of the molecule is Br.COc1ccc(N2CCCC2=N)c(C)c1. The van der Waals surface area contributed by atoms with Gasteiger partial charge < -0.3 is 9.64 Å². The van der Waals surface area contributed by atoms with E-state index in [1.54, 1.807) is 7.11 Å². The van der Waals surface area contributed by atoms with Gasteiger partial charge in [-0.1, -0.05) is 0 Å². The van der Waals surface area contributed by atoms with E-state index in [0.29, 0.717) is 0 Å². The van der Waals surface area contributed by atoms with Crippen LogP contribution in [-0.4, -0.2) is 19.5 Å². The molecule has 1 heterocycles. The molecule has 88 valence electrons. The second-order valence-corrected chi connectivity index (χ2v) is 3.85. The fourth-order valence-corrected chi connectivity index (χ4v) is 2.00. The molecule has 0 aliphatic carbocycles. The van der Waals surface area contributed by atoms with Gasteiger partial charge in [0.05, 0.1) is 7.11 Å². The summed E-state index contributed by atoms with van der Waals surface area (Å²) in [7, 11) is 1.67. The number of benzene rings is 1. The minimum absolute atomic E-state index is 0. The van der Waals surface area contributed by atoms with Gasteiger partial charge in [0.1, 0.15) is 11.6 Å². The van der Waals surface area contributed by atoms with Crippen molar-refractivity contribution in [3.63, 3.8) is 0 Å². The van der Waals surface area contributed by atoms with Crippen molar-refractivity contribution in [1.82, 2.24) is 0 Å². The van der Waals surface area contributed by atoms with Crippen LogP contribution in [0.1, 0.15) is 18.4 Å². The Morgan fingerprint density at radius 2 is 2.12 bits per heavy atom. The molecule has 2 rings (SSSR count). The molecule has 0 unspecified atom stereocenters. The molecule has 0 aromatic heterocycles. The first-order valence-electron chi connectivity index (χ1n) is 5.22. The summed E-state index contributed by atoms with van der Waals surface area (Å²) in [5.41, 5.74) is 2.30. The van der Waals surface area contributed by atoms with Gasteiger partial charge in [0.25, 0.3) is 0 Å². The highest BCUT2D eigenvalue weighted by Crippen LogP contribution is 2.28. The molecule has 0 radical (unpaired) electrons. The summed E-state index contributed by atoms with van der Waals surface area (Å²) in [5.74, 6) is 1.60. The maximum absolute atomic E-state index is 7.83. The van der Waals surface area contributed by atoms with E-state index in [1.165, 1.54) is 5.56 Å². The van der Waals surface area contributed by atoms with Crippen LogP contribution in [0.2, 0.25) is 0 Å². The molecule has 4 heteroatoms. The van der Waals surface area contributed by atoms with Crippen molar-refractivity contribution in [3.8, 4) is 5.75 Å². The third kappa shape index (κ3) is 2.38. The quantitative estimate of drug-likeness (QED) is 0.906. The zero-order valence-electron chi connectivity index (χ0n) is 9.62. The molecule has 1 aromatic rings. The Labute approximate surface area is 107 Å². The third-order valence-electron chi connectivity index (χ3n) is 2.82. The first kappa shape index (κ1) is 13.0. The van der Waals surface area contributed by atoms with E-state index >= 15 is 0 Å². The third-order valence-corrected chi connectivity index (χ3v) is 2.82. The molecule has 1 aliphatic heterocycles. The topological polar surface area (TPSA) is 36.3 Å². The van der Waals surface area contributed by atoms with Gasteiger partial charge in [0, 0.05) is 18.7 Å². The van der Waals surface area contributed by atoms with E-state index in [9.17, 15) is 0 Å². The zero-order valence-corrected chi connectivity index (χ0v) is 11.3. The largest absolute Gasteiger partial charge is 0.497 e. The molecule has 0 amide bonds. The molecule has 1 aromatic carbocycles. The van der Waals surface area contributed by atoms with Crippen LogP contribution in [0.15, 0.2) is 18.2 Å². The number of anilines is 1. The molecule has 0 spiro atoms. The highest BCUT2D eigenvalue weighted by molar-refractivity contribution is 8.93. The predicted molar refractivity (Wildman–Crippen MR) is 72.4 cm³/mol.